The molecule has 1 atom stereocenters. The summed E-state index contributed by atoms with van der Waals surface area (Å²) in [6.07, 6.45) is 1.84. The zero-order valence-corrected chi connectivity index (χ0v) is 15.3. The van der Waals surface area contributed by atoms with E-state index in [1.807, 2.05) is 38.0 Å². The Kier molecular flexibility index (Phi) is 6.32. The number of nitrogens with zero attached hydrogens (tertiary/aromatic N) is 2. The Morgan fingerprint density at radius 1 is 1.27 bits per heavy atom. The second-order valence-corrected chi connectivity index (χ2v) is 9.00. The first-order valence-electron chi connectivity index (χ1n) is 7.78. The van der Waals surface area contributed by atoms with Crippen LogP contribution in [0.15, 0.2) is 29.2 Å². The number of thioether (sulfide) groups is 1. The van der Waals surface area contributed by atoms with E-state index in [1.165, 1.54) is 0 Å². The largest absolute Gasteiger partial charge is 0.308 e. The fourth-order valence-corrected chi connectivity index (χ4v) is 5.53. The van der Waals surface area contributed by atoms with Crippen molar-refractivity contribution in [3.63, 3.8) is 0 Å². The van der Waals surface area contributed by atoms with Crippen molar-refractivity contribution in [1.29, 1.82) is 0 Å². The summed E-state index contributed by atoms with van der Waals surface area (Å²) in [5.74, 6) is 1.90. The molecule has 22 heavy (non-hydrogen) atoms. The molecular weight excluding hydrogens is 316 g/mol. The molecule has 1 aliphatic rings. The number of hydrogen-bond donors (Lipinski definition) is 0. The number of likely N-dealkylation sites (N-methyl/N-ethyl adjacent to an activating group) is 1. The van der Waals surface area contributed by atoms with E-state index in [0.717, 1.165) is 36.5 Å². The van der Waals surface area contributed by atoms with E-state index in [0.29, 0.717) is 11.4 Å². The third-order valence-corrected chi connectivity index (χ3v) is 7.06. The molecule has 0 aromatic heterocycles. The average molecular weight is 343 g/mol. The Balaban J connectivity index is 2.29. The lowest BCUT2D eigenvalue weighted by atomic mass is 10.2. The maximum Gasteiger partial charge on any atom is 0.243 e. The van der Waals surface area contributed by atoms with Crippen LogP contribution in [0.25, 0.3) is 0 Å². The van der Waals surface area contributed by atoms with Crippen LogP contribution < -0.4 is 0 Å². The number of hydrogen-bond acceptors (Lipinski definition) is 4. The van der Waals surface area contributed by atoms with Crippen LogP contribution in [0.5, 0.6) is 0 Å². The summed E-state index contributed by atoms with van der Waals surface area (Å²) in [6.45, 7) is 3.45. The summed E-state index contributed by atoms with van der Waals surface area (Å²) < 4.78 is 27.8. The first-order valence-corrected chi connectivity index (χ1v) is 10.4. The predicted octanol–water partition coefficient (Wildman–Crippen LogP) is 2.31. The molecule has 6 heteroatoms. The number of benzene rings is 1. The highest BCUT2D eigenvalue weighted by atomic mass is 32.2. The molecule has 0 aliphatic carbocycles. The van der Waals surface area contributed by atoms with Crippen molar-refractivity contribution in [1.82, 2.24) is 9.21 Å². The number of rotatable bonds is 5. The van der Waals surface area contributed by atoms with Gasteiger partial charge >= 0.3 is 0 Å². The lowest BCUT2D eigenvalue weighted by Crippen LogP contribution is -2.46. The van der Waals surface area contributed by atoms with Crippen LogP contribution in [-0.2, 0) is 16.4 Å². The van der Waals surface area contributed by atoms with E-state index >= 15 is 0 Å². The fourth-order valence-electron chi connectivity index (χ4n) is 2.72. The third kappa shape index (κ3) is 4.25. The summed E-state index contributed by atoms with van der Waals surface area (Å²) in [7, 11) is 0.581. The van der Waals surface area contributed by atoms with Gasteiger partial charge in [0.1, 0.15) is 0 Å². The molecular formula is C16H26N2O2S2. The quantitative estimate of drug-likeness (QED) is 0.823. The van der Waals surface area contributed by atoms with E-state index in [-0.39, 0.29) is 6.04 Å². The van der Waals surface area contributed by atoms with Crippen molar-refractivity contribution in [2.24, 2.45) is 0 Å². The molecule has 1 unspecified atom stereocenters. The minimum absolute atomic E-state index is 0.0401. The second kappa shape index (κ2) is 7.81. The molecule has 1 aromatic carbocycles. The maximum absolute atomic E-state index is 13.0. The van der Waals surface area contributed by atoms with Gasteiger partial charge in [-0.1, -0.05) is 19.1 Å². The lowest BCUT2D eigenvalue weighted by molar-refractivity contribution is 0.271. The number of sulfonamides is 1. The van der Waals surface area contributed by atoms with E-state index in [2.05, 4.69) is 11.8 Å². The van der Waals surface area contributed by atoms with Gasteiger partial charge in [-0.3, -0.25) is 0 Å². The van der Waals surface area contributed by atoms with Crippen molar-refractivity contribution in [3.05, 3.63) is 29.8 Å². The third-order valence-electron chi connectivity index (χ3n) is 3.90. The zero-order valence-electron chi connectivity index (χ0n) is 13.7. The SMILES string of the molecule is CCc1ccc(S(=O)(=O)N2CCCSCC2CN(C)C)cc1. The highest BCUT2D eigenvalue weighted by Gasteiger charge is 2.32. The molecule has 0 saturated carbocycles. The monoisotopic (exact) mass is 342 g/mol. The Morgan fingerprint density at radius 3 is 2.55 bits per heavy atom. The van der Waals surface area contributed by atoms with E-state index in [1.54, 1.807) is 16.4 Å². The first-order chi connectivity index (χ1) is 10.4. The smallest absolute Gasteiger partial charge is 0.243 e. The molecule has 1 aromatic rings. The molecule has 0 radical (unpaired) electrons. The molecule has 2 rings (SSSR count). The van der Waals surface area contributed by atoms with E-state index in [9.17, 15) is 8.42 Å². The van der Waals surface area contributed by atoms with Gasteiger partial charge in [0, 0.05) is 24.9 Å². The standard InChI is InChI=1S/C16H26N2O2S2/c1-4-14-6-8-16(9-7-14)22(19,20)18-10-5-11-21-13-15(18)12-17(2)3/h6-9,15H,4-5,10-13H2,1-3H3. The minimum atomic E-state index is -3.41. The molecule has 0 bridgehead atoms. The summed E-state index contributed by atoms with van der Waals surface area (Å²) in [4.78, 5) is 2.49. The van der Waals surface area contributed by atoms with Crippen LogP contribution in [0.2, 0.25) is 0 Å². The van der Waals surface area contributed by atoms with Crippen molar-refractivity contribution in [2.75, 3.05) is 38.7 Å². The average Bonchev–Trinajstić information content (AvgIpc) is 2.72. The second-order valence-electron chi connectivity index (χ2n) is 5.96. The Labute approximate surface area is 138 Å². The Hall–Kier alpha value is -0.560. The van der Waals surface area contributed by atoms with Gasteiger partial charge in [-0.15, -0.1) is 0 Å². The van der Waals surface area contributed by atoms with Crippen molar-refractivity contribution < 1.29 is 8.42 Å². The van der Waals surface area contributed by atoms with Crippen LogP contribution in [-0.4, -0.2) is 62.4 Å². The van der Waals surface area contributed by atoms with Crippen LogP contribution in [0.3, 0.4) is 0 Å². The summed E-state index contributed by atoms with van der Waals surface area (Å²) >= 11 is 1.85. The van der Waals surface area contributed by atoms with Gasteiger partial charge < -0.3 is 4.90 Å². The first kappa shape index (κ1) is 17.8. The fraction of sp³-hybridized carbons (Fsp3) is 0.625. The van der Waals surface area contributed by atoms with Crippen molar-refractivity contribution in [2.45, 2.75) is 30.7 Å². The Morgan fingerprint density at radius 2 is 1.95 bits per heavy atom. The lowest BCUT2D eigenvalue weighted by Gasteiger charge is -2.30. The van der Waals surface area contributed by atoms with Gasteiger partial charge in [0.2, 0.25) is 10.0 Å². The number of aryl methyl sites for hydroxylation is 1. The van der Waals surface area contributed by atoms with Gasteiger partial charge in [-0.25, -0.2) is 8.42 Å². The molecule has 4 nitrogen and oxygen atoms in total. The van der Waals surface area contributed by atoms with Gasteiger partial charge in [0.05, 0.1) is 4.90 Å². The van der Waals surface area contributed by atoms with Crippen molar-refractivity contribution in [3.8, 4) is 0 Å². The molecule has 0 amide bonds. The molecule has 1 aliphatic heterocycles. The van der Waals surface area contributed by atoms with Crippen LogP contribution in [0, 0.1) is 0 Å². The molecule has 0 spiro atoms. The van der Waals surface area contributed by atoms with Gasteiger partial charge in [-0.05, 0) is 50.4 Å². The van der Waals surface area contributed by atoms with E-state index < -0.39 is 10.0 Å². The molecule has 1 fully saturated rings. The highest BCUT2D eigenvalue weighted by molar-refractivity contribution is 7.99. The van der Waals surface area contributed by atoms with E-state index in [4.69, 9.17) is 0 Å². The maximum atomic E-state index is 13.0. The molecule has 0 N–H and O–H groups in total. The molecule has 1 saturated heterocycles. The summed E-state index contributed by atoms with van der Waals surface area (Å²) in [5, 5.41) is 0. The predicted molar refractivity (Wildman–Crippen MR) is 94.0 cm³/mol. The van der Waals surface area contributed by atoms with Gasteiger partial charge in [0.15, 0.2) is 0 Å². The topological polar surface area (TPSA) is 40.6 Å². The zero-order chi connectivity index (χ0) is 16.2. The summed E-state index contributed by atoms with van der Waals surface area (Å²) in [5.41, 5.74) is 1.16. The van der Waals surface area contributed by atoms with Crippen LogP contribution >= 0.6 is 11.8 Å². The molecule has 1 heterocycles. The van der Waals surface area contributed by atoms with Crippen LogP contribution in [0.1, 0.15) is 18.9 Å². The molecule has 124 valence electrons. The Bertz CT molecular complexity index is 570. The highest BCUT2D eigenvalue weighted by Crippen LogP contribution is 2.25. The van der Waals surface area contributed by atoms with Gasteiger partial charge in [-0.2, -0.15) is 16.1 Å². The van der Waals surface area contributed by atoms with Gasteiger partial charge in [0.25, 0.3) is 0 Å². The summed E-state index contributed by atoms with van der Waals surface area (Å²) in [6, 6.07) is 7.37. The van der Waals surface area contributed by atoms with Crippen LogP contribution in [0.4, 0.5) is 0 Å². The minimum Gasteiger partial charge on any atom is -0.308 e. The normalized spacial score (nSPS) is 21.0. The van der Waals surface area contributed by atoms with Crippen molar-refractivity contribution >= 4 is 21.8 Å².